The normalized spacial score (nSPS) is 20.2. The van der Waals surface area contributed by atoms with Gasteiger partial charge in [-0.3, -0.25) is 4.90 Å². The zero-order valence-electron chi connectivity index (χ0n) is 14.5. The molecular formula is C19H23NO4S. The summed E-state index contributed by atoms with van der Waals surface area (Å²) in [5, 5.41) is 0. The molecule has 0 unspecified atom stereocenters. The Balaban J connectivity index is 1.69. The number of rotatable bonds is 5. The van der Waals surface area contributed by atoms with Crippen molar-refractivity contribution >= 4 is 10.1 Å². The Morgan fingerprint density at radius 3 is 2.44 bits per heavy atom. The molecule has 2 atom stereocenters. The van der Waals surface area contributed by atoms with Gasteiger partial charge in [0.25, 0.3) is 0 Å². The molecule has 3 rings (SSSR count). The average molecular weight is 361 g/mol. The summed E-state index contributed by atoms with van der Waals surface area (Å²) in [7, 11) is -3.51. The van der Waals surface area contributed by atoms with Gasteiger partial charge < -0.3 is 8.92 Å². The van der Waals surface area contributed by atoms with Gasteiger partial charge in [-0.1, -0.05) is 42.5 Å². The van der Waals surface area contributed by atoms with E-state index in [0.29, 0.717) is 18.4 Å². The van der Waals surface area contributed by atoms with Crippen molar-refractivity contribution in [2.24, 2.45) is 0 Å². The van der Waals surface area contributed by atoms with Gasteiger partial charge in [0, 0.05) is 19.1 Å². The van der Waals surface area contributed by atoms with E-state index in [9.17, 15) is 8.42 Å². The Kier molecular flexibility index (Phi) is 5.42. The van der Waals surface area contributed by atoms with Crippen LogP contribution >= 0.6 is 0 Å². The Morgan fingerprint density at radius 2 is 1.80 bits per heavy atom. The maximum Gasteiger partial charge on any atom is 0.306 e. The first-order valence-electron chi connectivity index (χ1n) is 8.32. The number of morpholine rings is 1. The smallest absolute Gasteiger partial charge is 0.306 e. The highest BCUT2D eigenvalue weighted by Crippen LogP contribution is 2.29. The highest BCUT2D eigenvalue weighted by Gasteiger charge is 2.26. The molecule has 0 aromatic heterocycles. The third kappa shape index (κ3) is 4.81. The van der Waals surface area contributed by atoms with Gasteiger partial charge >= 0.3 is 10.1 Å². The number of benzene rings is 2. The van der Waals surface area contributed by atoms with Crippen LogP contribution in [0, 0.1) is 0 Å². The number of hydrogen-bond donors (Lipinski definition) is 0. The lowest BCUT2D eigenvalue weighted by atomic mass is 10.0. The molecule has 0 aliphatic carbocycles. The van der Waals surface area contributed by atoms with Gasteiger partial charge in [0.15, 0.2) is 0 Å². The number of ether oxygens (including phenoxy) is 1. The van der Waals surface area contributed by atoms with Gasteiger partial charge in [0.1, 0.15) is 5.75 Å². The van der Waals surface area contributed by atoms with Gasteiger partial charge in [0.2, 0.25) is 0 Å². The highest BCUT2D eigenvalue weighted by atomic mass is 32.2. The molecule has 0 amide bonds. The fraction of sp³-hybridized carbons (Fsp3) is 0.368. The van der Waals surface area contributed by atoms with Crippen LogP contribution in [0.1, 0.15) is 30.2 Å². The van der Waals surface area contributed by atoms with E-state index in [2.05, 4.69) is 36.1 Å². The summed E-state index contributed by atoms with van der Waals surface area (Å²) in [6.07, 6.45) is 1.00. The van der Waals surface area contributed by atoms with E-state index in [1.54, 1.807) is 12.1 Å². The summed E-state index contributed by atoms with van der Waals surface area (Å²) >= 11 is 0. The lowest BCUT2D eigenvalue weighted by Gasteiger charge is -2.37. The molecule has 134 valence electrons. The maximum atomic E-state index is 11.2. The minimum absolute atomic E-state index is 0.0350. The second-order valence-corrected chi connectivity index (χ2v) is 7.87. The van der Waals surface area contributed by atoms with Crippen LogP contribution in [0.15, 0.2) is 54.6 Å². The van der Waals surface area contributed by atoms with Crippen molar-refractivity contribution in [3.05, 3.63) is 65.7 Å². The van der Waals surface area contributed by atoms with Crippen LogP contribution < -0.4 is 4.18 Å². The van der Waals surface area contributed by atoms with Gasteiger partial charge in [-0.15, -0.1) is 0 Å². The molecule has 1 heterocycles. The van der Waals surface area contributed by atoms with Crippen LogP contribution in [0.3, 0.4) is 0 Å². The van der Waals surface area contributed by atoms with E-state index < -0.39 is 10.1 Å². The summed E-state index contributed by atoms with van der Waals surface area (Å²) in [4.78, 5) is 2.41. The molecule has 2 aromatic rings. The van der Waals surface area contributed by atoms with E-state index in [1.165, 1.54) is 5.56 Å². The van der Waals surface area contributed by atoms with Crippen LogP contribution in [0.2, 0.25) is 0 Å². The molecule has 2 aromatic carbocycles. The molecule has 1 aliphatic rings. The van der Waals surface area contributed by atoms with Gasteiger partial charge in [0.05, 0.1) is 19.0 Å². The zero-order valence-corrected chi connectivity index (χ0v) is 15.3. The Labute approximate surface area is 149 Å². The van der Waals surface area contributed by atoms with Crippen LogP contribution in [0.4, 0.5) is 0 Å². The van der Waals surface area contributed by atoms with Crippen LogP contribution in [-0.2, 0) is 14.9 Å². The molecule has 0 bridgehead atoms. The van der Waals surface area contributed by atoms with Crippen molar-refractivity contribution in [3.8, 4) is 5.75 Å². The summed E-state index contributed by atoms with van der Waals surface area (Å²) in [5.74, 6) is 0.316. The largest absolute Gasteiger partial charge is 0.383 e. The lowest BCUT2D eigenvalue weighted by molar-refractivity contribution is -0.0431. The minimum Gasteiger partial charge on any atom is -0.383 e. The Hall–Kier alpha value is -1.89. The molecule has 1 fully saturated rings. The molecule has 6 heteroatoms. The third-order valence-corrected chi connectivity index (χ3v) is 4.92. The summed E-state index contributed by atoms with van der Waals surface area (Å²) in [5.41, 5.74) is 2.31. The first kappa shape index (κ1) is 17.9. The third-order valence-electron chi connectivity index (χ3n) is 4.43. The van der Waals surface area contributed by atoms with E-state index in [1.807, 2.05) is 18.2 Å². The molecule has 1 aliphatic heterocycles. The zero-order chi connectivity index (χ0) is 17.9. The predicted octanol–water partition coefficient (Wildman–Crippen LogP) is 3.16. The summed E-state index contributed by atoms with van der Waals surface area (Å²) < 4.78 is 33.2. The number of hydrogen-bond acceptors (Lipinski definition) is 5. The maximum absolute atomic E-state index is 11.2. The van der Waals surface area contributed by atoms with Gasteiger partial charge in [-0.2, -0.15) is 8.42 Å². The number of nitrogens with zero attached hydrogens (tertiary/aromatic N) is 1. The first-order chi connectivity index (χ1) is 11.9. The molecule has 25 heavy (non-hydrogen) atoms. The second-order valence-electron chi connectivity index (χ2n) is 6.30. The molecule has 0 N–H and O–H groups in total. The summed E-state index contributed by atoms with van der Waals surface area (Å²) in [6.45, 7) is 4.56. The fourth-order valence-electron chi connectivity index (χ4n) is 3.08. The monoisotopic (exact) mass is 361 g/mol. The topological polar surface area (TPSA) is 55.8 Å². The molecular weight excluding hydrogens is 338 g/mol. The van der Waals surface area contributed by atoms with Crippen molar-refractivity contribution in [1.82, 2.24) is 4.90 Å². The van der Waals surface area contributed by atoms with Crippen molar-refractivity contribution in [2.75, 3.05) is 26.0 Å². The van der Waals surface area contributed by atoms with E-state index in [4.69, 9.17) is 8.92 Å². The van der Waals surface area contributed by atoms with Crippen molar-refractivity contribution in [2.45, 2.75) is 19.1 Å². The lowest BCUT2D eigenvalue weighted by Crippen LogP contribution is -2.39. The van der Waals surface area contributed by atoms with Crippen molar-refractivity contribution in [1.29, 1.82) is 0 Å². The van der Waals surface area contributed by atoms with Crippen LogP contribution in [0.25, 0.3) is 0 Å². The van der Waals surface area contributed by atoms with Crippen LogP contribution in [-0.4, -0.2) is 39.3 Å². The second kappa shape index (κ2) is 7.56. The molecule has 0 saturated carbocycles. The van der Waals surface area contributed by atoms with Crippen molar-refractivity contribution < 1.29 is 17.3 Å². The molecule has 0 spiro atoms. The molecule has 5 nitrogen and oxygen atoms in total. The molecule has 0 radical (unpaired) electrons. The van der Waals surface area contributed by atoms with Crippen LogP contribution in [0.5, 0.6) is 5.75 Å². The highest BCUT2D eigenvalue weighted by molar-refractivity contribution is 7.86. The van der Waals surface area contributed by atoms with E-state index >= 15 is 0 Å². The standard InChI is InChI=1S/C19H23NO4S/c1-15(16-6-4-3-5-7-16)20-12-13-23-19(14-20)17-8-10-18(11-9-17)24-25(2,21)22/h3-11,15,19H,12-14H2,1-2H3/t15-,19-/m0/s1. The van der Waals surface area contributed by atoms with Gasteiger partial charge in [-0.25, -0.2) is 0 Å². The first-order valence-corrected chi connectivity index (χ1v) is 10.1. The summed E-state index contributed by atoms with van der Waals surface area (Å²) in [6, 6.07) is 17.8. The van der Waals surface area contributed by atoms with Gasteiger partial charge in [-0.05, 0) is 30.2 Å². The fourth-order valence-corrected chi connectivity index (χ4v) is 3.54. The van der Waals surface area contributed by atoms with Crippen molar-refractivity contribution in [3.63, 3.8) is 0 Å². The molecule has 1 saturated heterocycles. The SMILES string of the molecule is C[C@@H](c1ccccc1)N1CCO[C@H](c2ccc(OS(C)(=O)=O)cc2)C1. The Morgan fingerprint density at radius 1 is 1.12 bits per heavy atom. The van der Waals surface area contributed by atoms with E-state index in [0.717, 1.165) is 24.9 Å². The average Bonchev–Trinajstić information content (AvgIpc) is 2.61. The quantitative estimate of drug-likeness (QED) is 0.766. The minimum atomic E-state index is -3.51. The Bertz CT molecular complexity index is 790. The predicted molar refractivity (Wildman–Crippen MR) is 97.0 cm³/mol. The van der Waals surface area contributed by atoms with E-state index in [-0.39, 0.29) is 6.10 Å².